The van der Waals surface area contributed by atoms with Crippen LogP contribution >= 0.6 is 15.9 Å². The number of hydrogen-bond acceptors (Lipinski definition) is 6. The number of nitro groups is 1. The highest BCUT2D eigenvalue weighted by molar-refractivity contribution is 9.10. The topological polar surface area (TPSA) is 114 Å². The fraction of sp³-hybridized carbons (Fsp3) is 0.125. The molecule has 2 N–H and O–H groups in total. The predicted octanol–water partition coefficient (Wildman–Crippen LogP) is 3.23. The molecule has 0 aliphatic carbocycles. The van der Waals surface area contributed by atoms with Gasteiger partial charge in [0.05, 0.1) is 17.7 Å². The highest BCUT2D eigenvalue weighted by Gasteiger charge is 2.19. The Bertz CT molecular complexity index is 839. The van der Waals surface area contributed by atoms with E-state index in [1.54, 1.807) is 31.2 Å². The van der Waals surface area contributed by atoms with Gasteiger partial charge in [0, 0.05) is 21.7 Å². The van der Waals surface area contributed by atoms with Gasteiger partial charge in [-0.05, 0) is 31.2 Å². The van der Waals surface area contributed by atoms with Crippen LogP contribution in [0.1, 0.15) is 22.8 Å². The minimum Gasteiger partial charge on any atom is -0.500 e. The van der Waals surface area contributed by atoms with Gasteiger partial charge in [-0.15, -0.1) is 0 Å². The Balaban J connectivity index is 2.20. The molecule has 0 aliphatic heterocycles. The highest BCUT2D eigenvalue weighted by Crippen LogP contribution is 2.36. The Kier molecular flexibility index (Phi) is 6.07. The molecule has 130 valence electrons. The number of nitro benzene ring substituents is 1. The van der Waals surface area contributed by atoms with Crippen molar-refractivity contribution in [1.29, 1.82) is 0 Å². The maximum atomic E-state index is 12.0. The molecule has 0 unspecified atom stereocenters. The molecule has 0 saturated carbocycles. The Labute approximate surface area is 151 Å². The number of nitrogens with zero attached hydrogens (tertiary/aromatic N) is 2. The number of hydrogen-bond donors (Lipinski definition) is 2. The second-order valence-corrected chi connectivity index (χ2v) is 5.70. The van der Waals surface area contributed by atoms with Crippen molar-refractivity contribution in [1.82, 2.24) is 5.43 Å². The average Bonchev–Trinajstić information content (AvgIpc) is 2.57. The van der Waals surface area contributed by atoms with E-state index in [0.29, 0.717) is 11.1 Å². The molecule has 9 heteroatoms. The number of hydrazone groups is 1. The van der Waals surface area contributed by atoms with Crippen LogP contribution in [0, 0.1) is 10.1 Å². The van der Waals surface area contributed by atoms with E-state index in [1.807, 2.05) is 0 Å². The summed E-state index contributed by atoms with van der Waals surface area (Å²) < 4.78 is 5.92. The number of phenolic OH excluding ortho intramolecular Hbond substituents is 1. The minimum atomic E-state index is -0.727. The lowest BCUT2D eigenvalue weighted by molar-refractivity contribution is -0.386. The smallest absolute Gasteiger partial charge is 0.315 e. The van der Waals surface area contributed by atoms with Crippen LogP contribution in [0.3, 0.4) is 0 Å². The molecule has 25 heavy (non-hydrogen) atoms. The van der Waals surface area contributed by atoms with E-state index in [9.17, 15) is 20.0 Å². The second-order valence-electron chi connectivity index (χ2n) is 4.79. The molecule has 0 saturated heterocycles. The maximum absolute atomic E-state index is 12.0. The summed E-state index contributed by atoms with van der Waals surface area (Å²) in [5, 5.41) is 24.6. The summed E-state index contributed by atoms with van der Waals surface area (Å²) in [5.41, 5.74) is 2.51. The molecule has 0 bridgehead atoms. The average molecular weight is 408 g/mol. The van der Waals surface area contributed by atoms with Crippen molar-refractivity contribution in [3.63, 3.8) is 0 Å². The molecule has 0 spiro atoms. The predicted molar refractivity (Wildman–Crippen MR) is 95.1 cm³/mol. The van der Waals surface area contributed by atoms with Crippen LogP contribution in [-0.2, 0) is 0 Å². The Morgan fingerprint density at radius 3 is 2.84 bits per heavy atom. The number of aromatic hydroxyl groups is 1. The first-order valence-corrected chi connectivity index (χ1v) is 7.94. The van der Waals surface area contributed by atoms with E-state index >= 15 is 0 Å². The molecule has 0 aromatic heterocycles. The van der Waals surface area contributed by atoms with Gasteiger partial charge in [0.1, 0.15) is 0 Å². The van der Waals surface area contributed by atoms with Crippen LogP contribution in [0.2, 0.25) is 0 Å². The number of rotatable bonds is 6. The van der Waals surface area contributed by atoms with Gasteiger partial charge in [0.2, 0.25) is 5.75 Å². The lowest BCUT2D eigenvalue weighted by Gasteiger charge is -2.07. The van der Waals surface area contributed by atoms with Crippen LogP contribution in [-0.4, -0.2) is 28.8 Å². The number of benzene rings is 2. The number of halogens is 1. The molecule has 2 aromatic rings. The van der Waals surface area contributed by atoms with Crippen LogP contribution in [0.25, 0.3) is 0 Å². The number of nitrogens with one attached hydrogen (secondary N) is 1. The summed E-state index contributed by atoms with van der Waals surface area (Å²) in [6.45, 7) is 1.91. The summed E-state index contributed by atoms with van der Waals surface area (Å²) in [5.74, 6) is -1.02. The van der Waals surface area contributed by atoms with Gasteiger partial charge in [0.25, 0.3) is 5.91 Å². The highest BCUT2D eigenvalue weighted by atomic mass is 79.9. The van der Waals surface area contributed by atoms with Gasteiger partial charge in [-0.3, -0.25) is 14.9 Å². The Morgan fingerprint density at radius 1 is 1.44 bits per heavy atom. The molecule has 2 aromatic carbocycles. The summed E-state index contributed by atoms with van der Waals surface area (Å²) in [6.07, 6.45) is 1.23. The molecular formula is C16H14BrN3O5. The lowest BCUT2D eigenvalue weighted by atomic mass is 10.2. The van der Waals surface area contributed by atoms with E-state index in [-0.39, 0.29) is 12.4 Å². The van der Waals surface area contributed by atoms with Crippen molar-refractivity contribution in [2.24, 2.45) is 5.10 Å². The Morgan fingerprint density at radius 2 is 2.20 bits per heavy atom. The maximum Gasteiger partial charge on any atom is 0.315 e. The van der Waals surface area contributed by atoms with Crippen molar-refractivity contribution in [2.75, 3.05) is 6.61 Å². The molecule has 0 heterocycles. The van der Waals surface area contributed by atoms with Gasteiger partial charge < -0.3 is 9.84 Å². The fourth-order valence-corrected chi connectivity index (χ4v) is 2.35. The largest absolute Gasteiger partial charge is 0.500 e. The van der Waals surface area contributed by atoms with Gasteiger partial charge in [-0.1, -0.05) is 22.0 Å². The summed E-state index contributed by atoms with van der Waals surface area (Å²) in [7, 11) is 0. The van der Waals surface area contributed by atoms with Crippen LogP contribution in [0.15, 0.2) is 46.0 Å². The van der Waals surface area contributed by atoms with Crippen molar-refractivity contribution < 1.29 is 19.6 Å². The molecule has 0 fully saturated rings. The van der Waals surface area contributed by atoms with Crippen molar-refractivity contribution in [3.8, 4) is 11.5 Å². The summed E-state index contributed by atoms with van der Waals surface area (Å²) >= 11 is 3.27. The van der Waals surface area contributed by atoms with Crippen molar-refractivity contribution >= 4 is 33.7 Å². The molecule has 0 atom stereocenters. The van der Waals surface area contributed by atoms with E-state index in [2.05, 4.69) is 26.5 Å². The van der Waals surface area contributed by atoms with Crippen molar-refractivity contribution in [3.05, 3.63) is 62.1 Å². The normalized spacial score (nSPS) is 10.6. The van der Waals surface area contributed by atoms with Crippen molar-refractivity contribution in [2.45, 2.75) is 6.92 Å². The zero-order valence-corrected chi connectivity index (χ0v) is 14.7. The third-order valence-electron chi connectivity index (χ3n) is 3.04. The third-order valence-corrected chi connectivity index (χ3v) is 3.53. The first-order valence-electron chi connectivity index (χ1n) is 7.15. The van der Waals surface area contributed by atoms with E-state index in [4.69, 9.17) is 4.74 Å². The van der Waals surface area contributed by atoms with E-state index < -0.39 is 22.3 Å². The SMILES string of the molecule is CCOc1cc(C=NNC(=O)c2cccc(Br)c2)cc([N+](=O)[O-])c1O. The number of amides is 1. The Hall–Kier alpha value is -2.94. The van der Waals surface area contributed by atoms with Crippen LogP contribution in [0.5, 0.6) is 11.5 Å². The number of phenols is 1. The molecule has 0 aliphatic rings. The van der Waals surface area contributed by atoms with Crippen LogP contribution < -0.4 is 10.2 Å². The zero-order valence-electron chi connectivity index (χ0n) is 13.1. The second kappa shape index (κ2) is 8.25. The van der Waals surface area contributed by atoms with E-state index in [0.717, 1.165) is 10.5 Å². The third kappa shape index (κ3) is 4.77. The first kappa shape index (κ1) is 18.4. The monoisotopic (exact) mass is 407 g/mol. The first-order chi connectivity index (χ1) is 11.9. The summed E-state index contributed by atoms with van der Waals surface area (Å²) in [6, 6.07) is 9.26. The molecule has 2 rings (SSSR count). The zero-order chi connectivity index (χ0) is 18.4. The molecular weight excluding hydrogens is 394 g/mol. The lowest BCUT2D eigenvalue weighted by Crippen LogP contribution is -2.17. The van der Waals surface area contributed by atoms with E-state index in [1.165, 1.54) is 12.3 Å². The number of ether oxygens (including phenoxy) is 1. The quantitative estimate of drug-likeness (QED) is 0.433. The standard InChI is InChI=1S/C16H14BrN3O5/c1-2-25-14-7-10(6-13(15(14)21)20(23)24)9-18-19-16(22)11-4-3-5-12(17)8-11/h3-9,21H,2H2,1H3,(H,19,22). The number of carbonyl (C=O) groups is 1. The van der Waals surface area contributed by atoms with Gasteiger partial charge in [0.15, 0.2) is 5.75 Å². The van der Waals surface area contributed by atoms with Gasteiger partial charge in [-0.25, -0.2) is 5.43 Å². The molecule has 1 amide bonds. The van der Waals surface area contributed by atoms with Gasteiger partial charge >= 0.3 is 5.69 Å². The molecule has 8 nitrogen and oxygen atoms in total. The number of carbonyl (C=O) groups excluding carboxylic acids is 1. The molecule has 0 radical (unpaired) electrons. The fourth-order valence-electron chi connectivity index (χ4n) is 1.95. The summed E-state index contributed by atoms with van der Waals surface area (Å²) in [4.78, 5) is 22.2. The van der Waals surface area contributed by atoms with Crippen LogP contribution in [0.4, 0.5) is 5.69 Å². The van der Waals surface area contributed by atoms with Gasteiger partial charge in [-0.2, -0.15) is 5.10 Å². The minimum absolute atomic E-state index is 0.0310.